The molecule has 0 saturated carbocycles. The van der Waals surface area contributed by atoms with Gasteiger partial charge in [0.2, 0.25) is 0 Å². The van der Waals surface area contributed by atoms with Crippen molar-refractivity contribution in [3.05, 3.63) is 24.8 Å². The summed E-state index contributed by atoms with van der Waals surface area (Å²) in [5.41, 5.74) is -0.178. The Labute approximate surface area is 157 Å². The van der Waals surface area contributed by atoms with Crippen molar-refractivity contribution in [3.63, 3.8) is 0 Å². The van der Waals surface area contributed by atoms with Crippen LogP contribution in [0, 0.1) is 0 Å². The lowest BCUT2D eigenvalue weighted by Crippen LogP contribution is -2.46. The second-order valence-corrected chi connectivity index (χ2v) is 5.18. The Kier molecular flexibility index (Phi) is 10.4. The molecule has 0 aromatic heterocycles. The third-order valence-electron chi connectivity index (χ3n) is 2.81. The fraction of sp³-hybridized carbons (Fsp3) is 0.562. The smallest absolute Gasteiger partial charge is 0.422 e. The zero-order valence-electron chi connectivity index (χ0n) is 14.9. The molecule has 12 heteroatoms. The van der Waals surface area contributed by atoms with Gasteiger partial charge in [0.15, 0.2) is 19.3 Å². The summed E-state index contributed by atoms with van der Waals surface area (Å²) in [6.45, 7) is 4.35. The van der Waals surface area contributed by atoms with Crippen LogP contribution in [0.15, 0.2) is 24.8 Å². The van der Waals surface area contributed by atoms with Crippen LogP contribution in [0.2, 0.25) is 0 Å². The van der Waals surface area contributed by atoms with Crippen molar-refractivity contribution in [3.8, 4) is 0 Å². The molecule has 0 aromatic carbocycles. The van der Waals surface area contributed by atoms with Crippen molar-refractivity contribution in [2.75, 3.05) is 26.4 Å². The van der Waals surface area contributed by atoms with Gasteiger partial charge in [0.1, 0.15) is 0 Å². The van der Waals surface area contributed by atoms with Crippen molar-refractivity contribution in [1.29, 1.82) is 0 Å². The monoisotopic (exact) mass is 418 g/mol. The van der Waals surface area contributed by atoms with Gasteiger partial charge in [0.05, 0.1) is 18.8 Å². The highest BCUT2D eigenvalue weighted by atomic mass is 19.4. The van der Waals surface area contributed by atoms with Gasteiger partial charge in [-0.3, -0.25) is 0 Å². The van der Waals surface area contributed by atoms with Crippen LogP contribution in [0.4, 0.5) is 22.0 Å². The molecule has 0 N–H and O–H groups in total. The summed E-state index contributed by atoms with van der Waals surface area (Å²) >= 11 is 0. The van der Waals surface area contributed by atoms with Crippen molar-refractivity contribution >= 4 is 17.9 Å². The number of carbonyl (C=O) groups excluding carboxylic acids is 3. The van der Waals surface area contributed by atoms with E-state index < -0.39 is 55.7 Å². The van der Waals surface area contributed by atoms with Crippen LogP contribution in [0.3, 0.4) is 0 Å². The highest BCUT2D eigenvalue weighted by molar-refractivity contribution is 5.89. The molecule has 7 nitrogen and oxygen atoms in total. The van der Waals surface area contributed by atoms with E-state index in [4.69, 9.17) is 4.74 Å². The molecule has 0 aliphatic rings. The molecule has 0 fully saturated rings. The minimum atomic E-state index is -5.00. The molecule has 0 spiro atoms. The number of halogens is 5. The first-order chi connectivity index (χ1) is 12.8. The molecule has 0 heterocycles. The second-order valence-electron chi connectivity index (χ2n) is 5.18. The van der Waals surface area contributed by atoms with E-state index in [1.54, 1.807) is 0 Å². The van der Waals surface area contributed by atoms with Crippen LogP contribution < -0.4 is 0 Å². The van der Waals surface area contributed by atoms with Gasteiger partial charge in [-0.05, 0) is 6.42 Å². The fourth-order valence-corrected chi connectivity index (χ4v) is 1.53. The fourth-order valence-electron chi connectivity index (χ4n) is 1.53. The first-order valence-electron chi connectivity index (χ1n) is 7.69. The zero-order valence-corrected chi connectivity index (χ0v) is 14.9. The van der Waals surface area contributed by atoms with Gasteiger partial charge in [-0.25, -0.2) is 14.4 Å². The summed E-state index contributed by atoms with van der Waals surface area (Å²) < 4.78 is 80.8. The lowest BCUT2D eigenvalue weighted by molar-refractivity contribution is -0.218. The van der Waals surface area contributed by atoms with Gasteiger partial charge in [-0.15, -0.1) is 6.58 Å². The number of carbonyl (C=O) groups is 3. The predicted molar refractivity (Wildman–Crippen MR) is 83.2 cm³/mol. The average Bonchev–Trinajstić information content (AvgIpc) is 2.61. The molecule has 0 amide bonds. The van der Waals surface area contributed by atoms with Gasteiger partial charge < -0.3 is 18.9 Å². The van der Waals surface area contributed by atoms with Crippen LogP contribution >= 0.6 is 0 Å². The minimum absolute atomic E-state index is 0.117. The molecular formula is C16H19F5O7. The molecule has 0 aromatic rings. The molecular weight excluding hydrogens is 399 g/mol. The predicted octanol–water partition coefficient (Wildman–Crippen LogP) is 2.35. The highest BCUT2D eigenvalue weighted by Crippen LogP contribution is 2.27. The Morgan fingerprint density at radius 1 is 1.07 bits per heavy atom. The van der Waals surface area contributed by atoms with E-state index in [-0.39, 0.29) is 18.8 Å². The summed E-state index contributed by atoms with van der Waals surface area (Å²) in [5, 5.41) is 0. The first-order valence-corrected chi connectivity index (χ1v) is 7.69. The van der Waals surface area contributed by atoms with Gasteiger partial charge in [0, 0.05) is 0 Å². The first kappa shape index (κ1) is 25.5. The number of hydrogen-bond donors (Lipinski definition) is 0. The largest absolute Gasteiger partial charge is 0.453 e. The Balaban J connectivity index is 4.64. The van der Waals surface area contributed by atoms with E-state index in [9.17, 15) is 36.3 Å². The number of rotatable bonds is 12. The normalized spacial score (nSPS) is 12.6. The number of hydrogen-bond acceptors (Lipinski definition) is 7. The molecule has 0 aliphatic heterocycles. The lowest BCUT2D eigenvalue weighted by atomic mass is 10.1. The summed E-state index contributed by atoms with van der Waals surface area (Å²) in [6, 6.07) is 0. The number of alkyl halides is 5. The van der Waals surface area contributed by atoms with E-state index in [1.165, 1.54) is 6.08 Å². The van der Waals surface area contributed by atoms with E-state index in [2.05, 4.69) is 27.4 Å². The van der Waals surface area contributed by atoms with Gasteiger partial charge in [0.25, 0.3) is 0 Å². The van der Waals surface area contributed by atoms with Crippen molar-refractivity contribution < 1.29 is 55.3 Å². The molecule has 0 rings (SSSR count). The van der Waals surface area contributed by atoms with E-state index in [0.29, 0.717) is 0 Å². The van der Waals surface area contributed by atoms with Crippen LogP contribution in [-0.2, 0) is 33.3 Å². The quantitative estimate of drug-likeness (QED) is 0.120. The van der Waals surface area contributed by atoms with E-state index in [0.717, 1.165) is 6.92 Å². The molecule has 1 unspecified atom stereocenters. The number of ether oxygens (including phenoxy) is 4. The molecule has 1 atom stereocenters. The summed E-state index contributed by atoms with van der Waals surface area (Å²) in [6.07, 6.45) is -6.65. The Hall–Kier alpha value is -2.50. The maximum atomic E-state index is 13.9. The highest BCUT2D eigenvalue weighted by Gasteiger charge is 2.51. The Morgan fingerprint density at radius 3 is 2.18 bits per heavy atom. The summed E-state index contributed by atoms with van der Waals surface area (Å²) in [7, 11) is 0. The van der Waals surface area contributed by atoms with E-state index in [1.807, 2.05) is 0 Å². The van der Waals surface area contributed by atoms with Crippen molar-refractivity contribution in [1.82, 2.24) is 0 Å². The Bertz CT molecular complexity index is 586. The van der Waals surface area contributed by atoms with Gasteiger partial charge >= 0.3 is 30.0 Å². The zero-order chi connectivity index (χ0) is 22.0. The summed E-state index contributed by atoms with van der Waals surface area (Å²) in [4.78, 5) is 34.3. The molecule has 0 aliphatic carbocycles. The second kappa shape index (κ2) is 11.4. The molecule has 160 valence electrons. The average molecular weight is 418 g/mol. The molecule has 0 saturated heterocycles. The minimum Gasteiger partial charge on any atom is -0.453 e. The third-order valence-corrected chi connectivity index (χ3v) is 2.81. The summed E-state index contributed by atoms with van der Waals surface area (Å²) in [5.74, 6) is -9.56. The van der Waals surface area contributed by atoms with Crippen molar-refractivity contribution in [2.24, 2.45) is 0 Å². The Morgan fingerprint density at radius 2 is 1.68 bits per heavy atom. The van der Waals surface area contributed by atoms with Crippen LogP contribution in [-0.4, -0.2) is 62.5 Å². The standard InChI is InChI=1S/C16H19F5O7/c1-4-6-25-7-10(3)13(23)26-8-12(22)28-11(5-2)16(20,21)14(24)27-9-15(17,18)19/h4,11H,1,3,5-9H2,2H3. The SMILES string of the molecule is C=CCOCC(=C)C(=O)OCC(=O)OC(CC)C(F)(F)C(=O)OCC(F)(F)F. The van der Waals surface area contributed by atoms with Gasteiger partial charge in [-0.1, -0.05) is 19.6 Å². The lowest BCUT2D eigenvalue weighted by Gasteiger charge is -2.24. The van der Waals surface area contributed by atoms with Crippen molar-refractivity contribution in [2.45, 2.75) is 31.5 Å². The third kappa shape index (κ3) is 9.44. The topological polar surface area (TPSA) is 88.1 Å². The van der Waals surface area contributed by atoms with Crippen LogP contribution in [0.25, 0.3) is 0 Å². The molecule has 0 radical (unpaired) electrons. The van der Waals surface area contributed by atoms with E-state index >= 15 is 0 Å². The maximum absolute atomic E-state index is 13.9. The number of esters is 3. The molecule has 28 heavy (non-hydrogen) atoms. The van der Waals surface area contributed by atoms with Crippen LogP contribution in [0.1, 0.15) is 13.3 Å². The maximum Gasteiger partial charge on any atom is 0.422 e. The van der Waals surface area contributed by atoms with Gasteiger partial charge in [-0.2, -0.15) is 22.0 Å². The molecule has 0 bridgehead atoms. The van der Waals surface area contributed by atoms with Crippen LogP contribution in [0.5, 0.6) is 0 Å².